The number of likely N-dealkylation sites (tertiary alicyclic amines) is 1. The lowest BCUT2D eigenvalue weighted by molar-refractivity contribution is -0.0703. The van der Waals surface area contributed by atoms with Gasteiger partial charge in [-0.25, -0.2) is 4.79 Å². The zero-order valence-electron chi connectivity index (χ0n) is 15.2. The van der Waals surface area contributed by atoms with Gasteiger partial charge in [-0.1, -0.05) is 0 Å². The van der Waals surface area contributed by atoms with Gasteiger partial charge in [0.25, 0.3) is 0 Å². The number of hydrogen-bond acceptors (Lipinski definition) is 4. The maximum Gasteiger partial charge on any atom is 0.410 e. The van der Waals surface area contributed by atoms with Crippen molar-refractivity contribution in [3.05, 3.63) is 0 Å². The zero-order valence-corrected chi connectivity index (χ0v) is 15.2. The van der Waals surface area contributed by atoms with E-state index in [9.17, 15) is 4.79 Å². The van der Waals surface area contributed by atoms with Gasteiger partial charge in [-0.05, 0) is 61.3 Å². The minimum absolute atomic E-state index is 0.0926. The highest BCUT2D eigenvalue weighted by Gasteiger charge is 2.47. The summed E-state index contributed by atoms with van der Waals surface area (Å²) >= 11 is 0. The molecule has 0 radical (unpaired) electrons. The van der Waals surface area contributed by atoms with E-state index in [4.69, 9.17) is 9.47 Å². The monoisotopic (exact) mass is 312 g/mol. The molecule has 1 amide bonds. The van der Waals surface area contributed by atoms with Gasteiger partial charge in [-0.2, -0.15) is 0 Å². The van der Waals surface area contributed by atoms with Crippen molar-refractivity contribution >= 4 is 6.09 Å². The molecule has 2 fully saturated rings. The van der Waals surface area contributed by atoms with Gasteiger partial charge in [0, 0.05) is 25.2 Å². The fourth-order valence-corrected chi connectivity index (χ4v) is 3.50. The first-order valence-electron chi connectivity index (χ1n) is 8.32. The maximum atomic E-state index is 12.1. The number of amides is 1. The second-order valence-corrected chi connectivity index (χ2v) is 8.80. The summed E-state index contributed by atoms with van der Waals surface area (Å²) < 4.78 is 11.6. The predicted octanol–water partition coefficient (Wildman–Crippen LogP) is 2.93. The Morgan fingerprint density at radius 3 is 2.41 bits per heavy atom. The summed E-state index contributed by atoms with van der Waals surface area (Å²) in [6.07, 6.45) is 1.74. The fourth-order valence-electron chi connectivity index (χ4n) is 3.50. The Kier molecular flexibility index (Phi) is 4.53. The third-order valence-corrected chi connectivity index (χ3v) is 4.35. The SMILES string of the molecule is CC(C)(C)OC(=O)N1CCC(NC2CC(C)(C)OC2(C)C)C1. The molecule has 2 heterocycles. The van der Waals surface area contributed by atoms with Crippen LogP contribution in [0.5, 0.6) is 0 Å². The van der Waals surface area contributed by atoms with Gasteiger partial charge in [-0.15, -0.1) is 0 Å². The number of hydrogen-bond donors (Lipinski definition) is 1. The first kappa shape index (κ1) is 17.5. The molecule has 1 N–H and O–H groups in total. The summed E-state index contributed by atoms with van der Waals surface area (Å²) in [5.41, 5.74) is -0.707. The van der Waals surface area contributed by atoms with Gasteiger partial charge in [-0.3, -0.25) is 0 Å². The molecule has 5 nitrogen and oxygen atoms in total. The number of carbonyl (C=O) groups is 1. The molecule has 2 saturated heterocycles. The second kappa shape index (κ2) is 5.68. The smallest absolute Gasteiger partial charge is 0.410 e. The molecule has 0 aliphatic carbocycles. The van der Waals surface area contributed by atoms with Crippen LogP contribution in [0.3, 0.4) is 0 Å². The molecular formula is C17H32N2O3. The number of nitrogens with zero attached hydrogens (tertiary/aromatic N) is 1. The Balaban J connectivity index is 1.88. The molecule has 0 spiro atoms. The molecule has 0 bridgehead atoms. The summed E-state index contributed by atoms with van der Waals surface area (Å²) in [6, 6.07) is 0.625. The van der Waals surface area contributed by atoms with Crippen LogP contribution in [0.25, 0.3) is 0 Å². The first-order chi connectivity index (χ1) is 9.88. The Morgan fingerprint density at radius 2 is 1.91 bits per heavy atom. The molecule has 2 aliphatic heterocycles. The summed E-state index contributed by atoms with van der Waals surface area (Å²) in [7, 11) is 0. The van der Waals surface area contributed by atoms with E-state index in [2.05, 4.69) is 33.0 Å². The van der Waals surface area contributed by atoms with Crippen LogP contribution in [-0.2, 0) is 9.47 Å². The molecule has 2 unspecified atom stereocenters. The van der Waals surface area contributed by atoms with Gasteiger partial charge in [0.05, 0.1) is 11.2 Å². The molecule has 0 aromatic carbocycles. The van der Waals surface area contributed by atoms with Crippen molar-refractivity contribution in [1.82, 2.24) is 10.2 Å². The van der Waals surface area contributed by atoms with Crippen LogP contribution in [0.15, 0.2) is 0 Å². The highest BCUT2D eigenvalue weighted by Crippen LogP contribution is 2.37. The van der Waals surface area contributed by atoms with Crippen LogP contribution in [0.1, 0.15) is 61.3 Å². The van der Waals surface area contributed by atoms with Gasteiger partial charge in [0.1, 0.15) is 5.60 Å². The van der Waals surface area contributed by atoms with Crippen LogP contribution >= 0.6 is 0 Å². The molecule has 128 valence electrons. The Labute approximate surface area is 134 Å². The number of rotatable bonds is 2. The van der Waals surface area contributed by atoms with Gasteiger partial charge in [0.2, 0.25) is 0 Å². The lowest BCUT2D eigenvalue weighted by atomic mass is 9.93. The summed E-state index contributed by atoms with van der Waals surface area (Å²) in [5.74, 6) is 0. The van der Waals surface area contributed by atoms with E-state index in [1.807, 2.05) is 20.8 Å². The van der Waals surface area contributed by atoms with E-state index in [1.54, 1.807) is 4.90 Å². The van der Waals surface area contributed by atoms with E-state index < -0.39 is 5.60 Å². The molecular weight excluding hydrogens is 280 g/mol. The highest BCUT2D eigenvalue weighted by atomic mass is 16.6. The molecule has 0 aromatic heterocycles. The third kappa shape index (κ3) is 4.35. The lowest BCUT2D eigenvalue weighted by Gasteiger charge is -2.30. The zero-order chi connectivity index (χ0) is 16.8. The molecule has 0 aromatic rings. The third-order valence-electron chi connectivity index (χ3n) is 4.35. The van der Waals surface area contributed by atoms with Crippen molar-refractivity contribution in [2.45, 2.75) is 90.2 Å². The minimum Gasteiger partial charge on any atom is -0.444 e. The number of ether oxygens (including phenoxy) is 2. The Bertz CT molecular complexity index is 426. The number of nitrogens with one attached hydrogen (secondary N) is 1. The molecule has 5 heteroatoms. The Morgan fingerprint density at radius 1 is 1.27 bits per heavy atom. The molecule has 0 saturated carbocycles. The van der Waals surface area contributed by atoms with E-state index in [0.29, 0.717) is 18.6 Å². The maximum absolute atomic E-state index is 12.1. The number of carbonyl (C=O) groups excluding carboxylic acids is 1. The normalized spacial score (nSPS) is 30.6. The van der Waals surface area contributed by atoms with Crippen LogP contribution in [0, 0.1) is 0 Å². The van der Waals surface area contributed by atoms with Gasteiger partial charge >= 0.3 is 6.09 Å². The van der Waals surface area contributed by atoms with Crippen molar-refractivity contribution in [3.8, 4) is 0 Å². The van der Waals surface area contributed by atoms with E-state index in [0.717, 1.165) is 19.4 Å². The van der Waals surface area contributed by atoms with E-state index in [-0.39, 0.29) is 17.3 Å². The van der Waals surface area contributed by atoms with Crippen molar-refractivity contribution in [2.24, 2.45) is 0 Å². The van der Waals surface area contributed by atoms with Gasteiger partial charge < -0.3 is 19.7 Å². The van der Waals surface area contributed by atoms with Crippen LogP contribution in [-0.4, -0.2) is 53.0 Å². The second-order valence-electron chi connectivity index (χ2n) is 8.80. The quantitative estimate of drug-likeness (QED) is 0.852. The highest BCUT2D eigenvalue weighted by molar-refractivity contribution is 5.68. The first-order valence-corrected chi connectivity index (χ1v) is 8.32. The van der Waals surface area contributed by atoms with Crippen LogP contribution < -0.4 is 5.32 Å². The Hall–Kier alpha value is -0.810. The average Bonchev–Trinajstić information content (AvgIpc) is 2.79. The van der Waals surface area contributed by atoms with Crippen LogP contribution in [0.4, 0.5) is 4.79 Å². The van der Waals surface area contributed by atoms with Gasteiger partial charge in [0.15, 0.2) is 0 Å². The predicted molar refractivity (Wildman–Crippen MR) is 87.0 cm³/mol. The largest absolute Gasteiger partial charge is 0.444 e. The molecule has 2 atom stereocenters. The van der Waals surface area contributed by atoms with Crippen molar-refractivity contribution in [1.29, 1.82) is 0 Å². The van der Waals surface area contributed by atoms with Crippen LogP contribution in [0.2, 0.25) is 0 Å². The van der Waals surface area contributed by atoms with Crippen molar-refractivity contribution in [3.63, 3.8) is 0 Å². The lowest BCUT2D eigenvalue weighted by Crippen LogP contribution is -2.49. The van der Waals surface area contributed by atoms with Crippen molar-refractivity contribution < 1.29 is 14.3 Å². The van der Waals surface area contributed by atoms with E-state index in [1.165, 1.54) is 0 Å². The summed E-state index contributed by atoms with van der Waals surface area (Å²) in [5, 5.41) is 3.70. The molecule has 2 rings (SSSR count). The summed E-state index contributed by atoms with van der Waals surface area (Å²) in [4.78, 5) is 13.9. The molecule has 2 aliphatic rings. The standard InChI is InChI=1S/C17H32N2O3/c1-15(2,3)21-14(20)19-9-8-12(11-19)18-13-10-16(4,5)22-17(13,6)7/h12-13,18H,8-11H2,1-7H3. The summed E-state index contributed by atoms with van der Waals surface area (Å²) in [6.45, 7) is 15.7. The molecule has 22 heavy (non-hydrogen) atoms. The average molecular weight is 312 g/mol. The minimum atomic E-state index is -0.437. The van der Waals surface area contributed by atoms with Crippen molar-refractivity contribution in [2.75, 3.05) is 13.1 Å². The topological polar surface area (TPSA) is 50.8 Å². The van der Waals surface area contributed by atoms with E-state index >= 15 is 0 Å². The fraction of sp³-hybridized carbons (Fsp3) is 0.941.